The largest absolute Gasteiger partial charge is 0.472 e. The van der Waals surface area contributed by atoms with Crippen LogP contribution in [0.3, 0.4) is 0 Å². The van der Waals surface area contributed by atoms with E-state index in [4.69, 9.17) is 8.94 Å². The molecule has 0 aromatic carbocycles. The second-order valence-corrected chi connectivity index (χ2v) is 2.78. The molecule has 0 bridgehead atoms. The third-order valence-corrected chi connectivity index (χ3v) is 1.71. The van der Waals surface area contributed by atoms with E-state index in [1.165, 1.54) is 0 Å². The van der Waals surface area contributed by atoms with Crippen molar-refractivity contribution in [1.82, 2.24) is 10.1 Å². The van der Waals surface area contributed by atoms with Crippen LogP contribution in [0.15, 0.2) is 27.5 Å². The lowest BCUT2D eigenvalue weighted by Crippen LogP contribution is -1.84. The molecular weight excluding hydrogens is 168 g/mol. The fraction of sp³-hybridized carbons (Fsp3) is 0.333. The van der Waals surface area contributed by atoms with E-state index in [1.54, 1.807) is 18.6 Å². The first-order valence-corrected chi connectivity index (χ1v) is 4.25. The molecule has 2 heterocycles. The Morgan fingerprint density at radius 1 is 1.46 bits per heavy atom. The second-order valence-electron chi connectivity index (χ2n) is 2.78. The van der Waals surface area contributed by atoms with Gasteiger partial charge in [0.1, 0.15) is 6.26 Å². The SMILES string of the molecule is CCCc1noc(-c2ccoc2)n1. The Morgan fingerprint density at radius 3 is 3.08 bits per heavy atom. The Balaban J connectivity index is 2.23. The van der Waals surface area contributed by atoms with Gasteiger partial charge in [-0.25, -0.2) is 0 Å². The molecule has 0 fully saturated rings. The first-order valence-electron chi connectivity index (χ1n) is 4.25. The summed E-state index contributed by atoms with van der Waals surface area (Å²) in [5.41, 5.74) is 0.829. The Bertz CT molecular complexity index is 365. The molecule has 0 saturated carbocycles. The third kappa shape index (κ3) is 1.61. The summed E-state index contributed by atoms with van der Waals surface area (Å²) in [6.45, 7) is 2.08. The van der Waals surface area contributed by atoms with Gasteiger partial charge in [-0.3, -0.25) is 0 Å². The molecule has 0 aliphatic carbocycles. The maximum atomic E-state index is 5.04. The van der Waals surface area contributed by atoms with Crippen molar-refractivity contribution in [1.29, 1.82) is 0 Å². The molecule has 0 N–H and O–H groups in total. The van der Waals surface area contributed by atoms with Crippen molar-refractivity contribution in [2.45, 2.75) is 19.8 Å². The summed E-state index contributed by atoms with van der Waals surface area (Å²) >= 11 is 0. The fourth-order valence-corrected chi connectivity index (χ4v) is 1.08. The zero-order chi connectivity index (χ0) is 9.10. The molecule has 2 aromatic heterocycles. The molecule has 0 radical (unpaired) electrons. The van der Waals surface area contributed by atoms with Crippen LogP contribution < -0.4 is 0 Å². The van der Waals surface area contributed by atoms with Crippen LogP contribution in [0.25, 0.3) is 11.5 Å². The lowest BCUT2D eigenvalue weighted by Gasteiger charge is -1.83. The van der Waals surface area contributed by atoms with E-state index < -0.39 is 0 Å². The summed E-state index contributed by atoms with van der Waals surface area (Å²) in [6, 6.07) is 1.79. The summed E-state index contributed by atoms with van der Waals surface area (Å²) in [4.78, 5) is 4.20. The second kappa shape index (κ2) is 3.43. The Hall–Kier alpha value is -1.58. The highest BCUT2D eigenvalue weighted by Gasteiger charge is 2.08. The van der Waals surface area contributed by atoms with E-state index in [9.17, 15) is 0 Å². The third-order valence-electron chi connectivity index (χ3n) is 1.71. The Kier molecular flexibility index (Phi) is 2.12. The van der Waals surface area contributed by atoms with Gasteiger partial charge in [0, 0.05) is 6.42 Å². The maximum Gasteiger partial charge on any atom is 0.261 e. The van der Waals surface area contributed by atoms with E-state index in [1.807, 2.05) is 0 Å². The van der Waals surface area contributed by atoms with Crippen molar-refractivity contribution in [2.24, 2.45) is 0 Å². The van der Waals surface area contributed by atoms with Crippen LogP contribution in [0.5, 0.6) is 0 Å². The van der Waals surface area contributed by atoms with Gasteiger partial charge < -0.3 is 8.94 Å². The predicted octanol–water partition coefficient (Wildman–Crippen LogP) is 2.28. The molecule has 2 aromatic rings. The summed E-state index contributed by atoms with van der Waals surface area (Å²) in [7, 11) is 0. The summed E-state index contributed by atoms with van der Waals surface area (Å²) < 4.78 is 9.95. The minimum absolute atomic E-state index is 0.525. The predicted molar refractivity (Wildman–Crippen MR) is 46.0 cm³/mol. The standard InChI is InChI=1S/C9H10N2O2/c1-2-3-8-10-9(13-11-8)7-4-5-12-6-7/h4-6H,2-3H2,1H3. The van der Waals surface area contributed by atoms with Gasteiger partial charge >= 0.3 is 0 Å². The molecule has 0 atom stereocenters. The van der Waals surface area contributed by atoms with Gasteiger partial charge in [-0.2, -0.15) is 4.98 Å². The van der Waals surface area contributed by atoms with E-state index in [0.717, 1.165) is 24.2 Å². The van der Waals surface area contributed by atoms with Crippen LogP contribution in [0.2, 0.25) is 0 Å². The summed E-state index contributed by atoms with van der Waals surface area (Å²) in [5, 5.41) is 3.83. The van der Waals surface area contributed by atoms with Crippen LogP contribution in [0.1, 0.15) is 19.2 Å². The number of hydrogen-bond donors (Lipinski definition) is 0. The van der Waals surface area contributed by atoms with Crippen molar-refractivity contribution >= 4 is 0 Å². The molecule has 0 aliphatic heterocycles. The lowest BCUT2D eigenvalue weighted by atomic mass is 10.3. The van der Waals surface area contributed by atoms with Gasteiger partial charge in [0.25, 0.3) is 5.89 Å². The first-order chi connectivity index (χ1) is 6.40. The van der Waals surface area contributed by atoms with Crippen LogP contribution in [0, 0.1) is 0 Å². The van der Waals surface area contributed by atoms with Gasteiger partial charge in [0.05, 0.1) is 11.8 Å². The highest BCUT2D eigenvalue weighted by atomic mass is 16.5. The molecule has 0 unspecified atom stereocenters. The van der Waals surface area contributed by atoms with E-state index in [2.05, 4.69) is 17.1 Å². The Morgan fingerprint density at radius 2 is 2.38 bits per heavy atom. The molecule has 68 valence electrons. The van der Waals surface area contributed by atoms with Gasteiger partial charge in [-0.15, -0.1) is 0 Å². The fourth-order valence-electron chi connectivity index (χ4n) is 1.08. The lowest BCUT2D eigenvalue weighted by molar-refractivity contribution is 0.421. The van der Waals surface area contributed by atoms with Gasteiger partial charge in [0.15, 0.2) is 5.82 Å². The number of nitrogens with zero attached hydrogens (tertiary/aromatic N) is 2. The average molecular weight is 178 g/mol. The number of aryl methyl sites for hydroxylation is 1. The molecule has 0 saturated heterocycles. The van der Waals surface area contributed by atoms with E-state index in [-0.39, 0.29) is 0 Å². The zero-order valence-electron chi connectivity index (χ0n) is 7.36. The van der Waals surface area contributed by atoms with Crippen molar-refractivity contribution in [2.75, 3.05) is 0 Å². The van der Waals surface area contributed by atoms with Crippen molar-refractivity contribution in [3.8, 4) is 11.5 Å². The number of rotatable bonds is 3. The highest BCUT2D eigenvalue weighted by molar-refractivity contribution is 5.49. The number of aromatic nitrogens is 2. The van der Waals surface area contributed by atoms with Gasteiger partial charge in [-0.05, 0) is 12.5 Å². The first kappa shape index (κ1) is 8.04. The highest BCUT2D eigenvalue weighted by Crippen LogP contribution is 2.17. The molecule has 4 nitrogen and oxygen atoms in total. The molecule has 4 heteroatoms. The summed E-state index contributed by atoms with van der Waals surface area (Å²) in [6.07, 6.45) is 5.04. The van der Waals surface area contributed by atoms with E-state index >= 15 is 0 Å². The topological polar surface area (TPSA) is 52.1 Å². The quantitative estimate of drug-likeness (QED) is 0.723. The minimum atomic E-state index is 0.525. The molecule has 0 spiro atoms. The molecule has 2 rings (SSSR count). The summed E-state index contributed by atoms with van der Waals surface area (Å²) in [5.74, 6) is 1.27. The van der Waals surface area contributed by atoms with Gasteiger partial charge in [0.2, 0.25) is 0 Å². The number of hydrogen-bond acceptors (Lipinski definition) is 4. The van der Waals surface area contributed by atoms with Crippen LogP contribution >= 0.6 is 0 Å². The van der Waals surface area contributed by atoms with Crippen LogP contribution in [0.4, 0.5) is 0 Å². The van der Waals surface area contributed by atoms with Crippen molar-refractivity contribution in [3.63, 3.8) is 0 Å². The normalized spacial score (nSPS) is 10.5. The molecule has 0 aliphatic rings. The van der Waals surface area contributed by atoms with E-state index in [0.29, 0.717) is 5.89 Å². The molecule has 13 heavy (non-hydrogen) atoms. The monoisotopic (exact) mass is 178 g/mol. The molecule has 0 amide bonds. The van der Waals surface area contributed by atoms with Gasteiger partial charge in [-0.1, -0.05) is 12.1 Å². The van der Waals surface area contributed by atoms with Crippen LogP contribution in [-0.2, 0) is 6.42 Å². The zero-order valence-corrected chi connectivity index (χ0v) is 7.36. The smallest absolute Gasteiger partial charge is 0.261 e. The van der Waals surface area contributed by atoms with Crippen LogP contribution in [-0.4, -0.2) is 10.1 Å². The Labute approximate surface area is 75.6 Å². The minimum Gasteiger partial charge on any atom is -0.472 e. The number of furan rings is 1. The van der Waals surface area contributed by atoms with Crippen molar-refractivity contribution < 1.29 is 8.94 Å². The average Bonchev–Trinajstić information content (AvgIpc) is 2.70. The molecular formula is C9H10N2O2. The van der Waals surface area contributed by atoms with Crippen molar-refractivity contribution in [3.05, 3.63) is 24.4 Å². The maximum absolute atomic E-state index is 5.04.